The summed E-state index contributed by atoms with van der Waals surface area (Å²) in [5.74, 6) is -4.88. The van der Waals surface area contributed by atoms with Crippen LogP contribution in [0.5, 0.6) is 0 Å². The van der Waals surface area contributed by atoms with E-state index in [1.807, 2.05) is 12.1 Å². The maximum absolute atomic E-state index is 15.3. The van der Waals surface area contributed by atoms with Crippen molar-refractivity contribution in [1.29, 1.82) is 42.1 Å². The normalized spacial score (nSPS) is 12.3. The predicted molar refractivity (Wildman–Crippen MR) is 150 cm³/mol. The number of nitrogens with zero attached hydrogens (tertiary/aromatic N) is 8. The third-order valence-electron chi connectivity index (χ3n) is 7.30. The van der Waals surface area contributed by atoms with E-state index in [9.17, 15) is 50.9 Å². The molecule has 0 amide bonds. The zero-order valence-electron chi connectivity index (χ0n) is 22.6. The molecule has 2 aliphatic rings. The van der Waals surface area contributed by atoms with Crippen LogP contribution in [0.4, 0.5) is 17.6 Å². The molecule has 0 unspecified atom stereocenters. The molecule has 0 heterocycles. The van der Waals surface area contributed by atoms with E-state index in [0.717, 1.165) is 12.1 Å². The molecule has 210 valence electrons. The van der Waals surface area contributed by atoms with Gasteiger partial charge in [0.05, 0.1) is 22.3 Å². The molecule has 0 saturated heterocycles. The monoisotopic (exact) mass is 602 g/mol. The summed E-state index contributed by atoms with van der Waals surface area (Å²) in [7, 11) is 0. The van der Waals surface area contributed by atoms with Crippen LogP contribution in [0.15, 0.2) is 47.5 Å². The summed E-state index contributed by atoms with van der Waals surface area (Å²) in [5.41, 5.74) is -5.74. The molecule has 0 aromatic heterocycles. The molecule has 5 rings (SSSR count). The van der Waals surface area contributed by atoms with Crippen molar-refractivity contribution in [2.45, 2.75) is 0 Å². The molecule has 3 aromatic carbocycles. The van der Waals surface area contributed by atoms with Crippen molar-refractivity contribution in [2.24, 2.45) is 0 Å². The van der Waals surface area contributed by atoms with Gasteiger partial charge in [0, 0.05) is 56.7 Å². The van der Waals surface area contributed by atoms with Crippen molar-refractivity contribution >= 4 is 33.4 Å². The largest absolute Gasteiger partial charge is 0.206 e. The first-order valence-electron chi connectivity index (χ1n) is 12.5. The molecule has 12 heteroatoms. The third-order valence-corrected chi connectivity index (χ3v) is 7.30. The van der Waals surface area contributed by atoms with Crippen molar-refractivity contribution in [1.82, 2.24) is 0 Å². The molecule has 0 fully saturated rings. The van der Waals surface area contributed by atoms with Crippen LogP contribution < -0.4 is 0 Å². The van der Waals surface area contributed by atoms with Crippen LogP contribution >= 0.6 is 0 Å². The number of halogens is 4. The molecule has 0 bridgehead atoms. The molecule has 0 radical (unpaired) electrons. The molecule has 0 spiro atoms. The SMILES string of the molecule is N#CC(C#N)=C1C(c2cc(C#N)c(F)cc2F)=C(C#N)c2cc3c(cc21)C(=C(C#N)C#N)C(c1cc(C#N)c(F)cc1F)=C3C#N. The summed E-state index contributed by atoms with van der Waals surface area (Å²) in [6.45, 7) is 0. The van der Waals surface area contributed by atoms with Gasteiger partial charge in [0.1, 0.15) is 83.0 Å². The lowest BCUT2D eigenvalue weighted by molar-refractivity contribution is 0.578. The Bertz CT molecular complexity index is 2290. The fraction of sp³-hybridized carbons (Fsp3) is 0. The molecular weight excluding hydrogens is 596 g/mol. The smallest absolute Gasteiger partial charge is 0.143 e. The summed E-state index contributed by atoms with van der Waals surface area (Å²) in [6, 6.07) is 18.3. The highest BCUT2D eigenvalue weighted by Gasteiger charge is 2.38. The average Bonchev–Trinajstić information content (AvgIpc) is 3.53. The van der Waals surface area contributed by atoms with Gasteiger partial charge in [0.15, 0.2) is 0 Å². The van der Waals surface area contributed by atoms with Crippen molar-refractivity contribution in [2.75, 3.05) is 0 Å². The molecular formula is C34H6F4N8. The number of nitriles is 8. The summed E-state index contributed by atoms with van der Waals surface area (Å²) in [5, 5.41) is 78.6. The quantitative estimate of drug-likeness (QED) is 0.235. The van der Waals surface area contributed by atoms with E-state index in [1.54, 1.807) is 36.4 Å². The summed E-state index contributed by atoms with van der Waals surface area (Å²) in [6.07, 6.45) is 0. The molecule has 0 atom stereocenters. The lowest BCUT2D eigenvalue weighted by atomic mass is 9.88. The Labute approximate surface area is 256 Å². The van der Waals surface area contributed by atoms with Crippen LogP contribution in [0.3, 0.4) is 0 Å². The molecule has 0 N–H and O–H groups in total. The fourth-order valence-electron chi connectivity index (χ4n) is 5.43. The topological polar surface area (TPSA) is 190 Å². The first kappa shape index (κ1) is 29.7. The maximum atomic E-state index is 15.3. The van der Waals surface area contributed by atoms with Gasteiger partial charge >= 0.3 is 0 Å². The van der Waals surface area contributed by atoms with Gasteiger partial charge in [-0.2, -0.15) is 42.1 Å². The first-order chi connectivity index (χ1) is 22.1. The standard InChI is InChI=1S/C34H6F4N8/c35-27-5-29(37)23(1-15(27)7-39)33-25(13-45)19-3-20-22(4-21(19)31(33)17(9-41)10-42)32(18(11-43)12-44)34(26(20)14-46)24-2-16(8-40)28(36)6-30(24)38/h1-6H. The molecule has 0 saturated carbocycles. The van der Waals surface area contributed by atoms with Crippen LogP contribution in [0, 0.1) is 114 Å². The van der Waals surface area contributed by atoms with E-state index in [-0.39, 0.29) is 55.7 Å². The average molecular weight is 602 g/mol. The lowest BCUT2D eigenvalue weighted by Gasteiger charge is -2.13. The molecule has 2 aliphatic carbocycles. The van der Waals surface area contributed by atoms with Gasteiger partial charge in [-0.15, -0.1) is 0 Å². The highest BCUT2D eigenvalue weighted by molar-refractivity contribution is 6.30. The maximum Gasteiger partial charge on any atom is 0.143 e. The van der Waals surface area contributed by atoms with E-state index in [4.69, 9.17) is 0 Å². The Morgan fingerprint density at radius 3 is 1.04 bits per heavy atom. The van der Waals surface area contributed by atoms with Crippen molar-refractivity contribution < 1.29 is 17.6 Å². The van der Waals surface area contributed by atoms with Crippen LogP contribution in [-0.2, 0) is 0 Å². The highest BCUT2D eigenvalue weighted by atomic mass is 19.1. The zero-order valence-corrected chi connectivity index (χ0v) is 22.6. The Kier molecular flexibility index (Phi) is 7.21. The van der Waals surface area contributed by atoms with Crippen LogP contribution in [0.1, 0.15) is 44.5 Å². The van der Waals surface area contributed by atoms with Gasteiger partial charge < -0.3 is 0 Å². The van der Waals surface area contributed by atoms with E-state index < -0.39 is 56.7 Å². The highest BCUT2D eigenvalue weighted by Crippen LogP contribution is 2.55. The van der Waals surface area contributed by atoms with Gasteiger partial charge in [-0.1, -0.05) is 0 Å². The molecule has 8 nitrogen and oxygen atoms in total. The number of rotatable bonds is 2. The number of benzene rings is 3. The summed E-state index contributed by atoms with van der Waals surface area (Å²) < 4.78 is 59.0. The van der Waals surface area contributed by atoms with Crippen LogP contribution in [0.25, 0.3) is 33.4 Å². The van der Waals surface area contributed by atoms with E-state index in [2.05, 4.69) is 0 Å². The Balaban J connectivity index is 1.98. The minimum atomic E-state index is -1.23. The summed E-state index contributed by atoms with van der Waals surface area (Å²) in [4.78, 5) is 0. The van der Waals surface area contributed by atoms with Gasteiger partial charge in [0.25, 0.3) is 0 Å². The van der Waals surface area contributed by atoms with E-state index in [0.29, 0.717) is 12.1 Å². The number of hydrogen-bond acceptors (Lipinski definition) is 8. The van der Waals surface area contributed by atoms with E-state index >= 15 is 8.78 Å². The molecule has 0 aliphatic heterocycles. The fourth-order valence-corrected chi connectivity index (χ4v) is 5.43. The third kappa shape index (κ3) is 4.15. The second-order valence-corrected chi connectivity index (χ2v) is 9.46. The minimum Gasteiger partial charge on any atom is -0.206 e. The number of allylic oxidation sites excluding steroid dienone is 8. The van der Waals surface area contributed by atoms with Crippen molar-refractivity contribution in [3.8, 4) is 48.6 Å². The second kappa shape index (κ2) is 11.2. The molecule has 3 aromatic rings. The van der Waals surface area contributed by atoms with Gasteiger partial charge in [0.2, 0.25) is 0 Å². The number of hydrogen-bond donors (Lipinski definition) is 0. The number of fused-ring (bicyclic) bond motifs is 2. The second-order valence-electron chi connectivity index (χ2n) is 9.46. The lowest BCUT2D eigenvalue weighted by Crippen LogP contribution is -1.99. The van der Waals surface area contributed by atoms with Crippen LogP contribution in [0.2, 0.25) is 0 Å². The summed E-state index contributed by atoms with van der Waals surface area (Å²) >= 11 is 0. The first-order valence-corrected chi connectivity index (χ1v) is 12.5. The van der Waals surface area contributed by atoms with Gasteiger partial charge in [-0.05, 0) is 35.4 Å². The predicted octanol–water partition coefficient (Wildman–Crippen LogP) is 6.48. The van der Waals surface area contributed by atoms with Gasteiger partial charge in [-0.3, -0.25) is 0 Å². The Morgan fingerprint density at radius 1 is 0.391 bits per heavy atom. The van der Waals surface area contributed by atoms with Gasteiger partial charge in [-0.25, -0.2) is 17.6 Å². The van der Waals surface area contributed by atoms with Crippen LogP contribution in [-0.4, -0.2) is 0 Å². The Morgan fingerprint density at radius 2 is 0.739 bits per heavy atom. The van der Waals surface area contributed by atoms with Crippen molar-refractivity contribution in [3.63, 3.8) is 0 Å². The minimum absolute atomic E-state index is 0.0578. The van der Waals surface area contributed by atoms with Crippen molar-refractivity contribution in [3.05, 3.63) is 115 Å². The molecule has 46 heavy (non-hydrogen) atoms. The zero-order chi connectivity index (χ0) is 33.4. The Hall–Kier alpha value is -7.74. The van der Waals surface area contributed by atoms with E-state index in [1.165, 1.54) is 12.1 Å².